The maximum absolute atomic E-state index is 12.4. The number of piperidine rings is 1. The second-order valence-electron chi connectivity index (χ2n) is 9.92. The maximum Gasteiger partial charge on any atom is 0.410 e. The first kappa shape index (κ1) is 24.5. The minimum atomic E-state index is -0.469. The molecule has 29 heavy (non-hydrogen) atoms. The number of amides is 1. The van der Waals surface area contributed by atoms with E-state index in [0.29, 0.717) is 24.6 Å². The first-order valence-electron chi connectivity index (χ1n) is 10.8. The molecule has 3 fully saturated rings. The van der Waals surface area contributed by atoms with Gasteiger partial charge in [0.05, 0.1) is 6.10 Å². The number of rotatable bonds is 3. The van der Waals surface area contributed by atoms with Crippen LogP contribution in [0.5, 0.6) is 0 Å². The summed E-state index contributed by atoms with van der Waals surface area (Å²) < 4.78 is 11.5. The van der Waals surface area contributed by atoms with Crippen molar-refractivity contribution in [2.24, 2.45) is 16.3 Å². The van der Waals surface area contributed by atoms with Crippen LogP contribution in [0.3, 0.4) is 0 Å². The number of halogens is 1. The molecule has 0 aromatic carbocycles. The van der Waals surface area contributed by atoms with Crippen molar-refractivity contribution in [1.29, 1.82) is 0 Å². The number of guanidine groups is 1. The Morgan fingerprint density at radius 1 is 1.28 bits per heavy atom. The lowest BCUT2D eigenvalue weighted by Crippen LogP contribution is -2.68. The van der Waals surface area contributed by atoms with Gasteiger partial charge < -0.3 is 25.0 Å². The summed E-state index contributed by atoms with van der Waals surface area (Å²) in [6, 6.07) is 0.543. The van der Waals surface area contributed by atoms with Crippen LogP contribution >= 0.6 is 24.0 Å². The van der Waals surface area contributed by atoms with Gasteiger partial charge >= 0.3 is 6.09 Å². The first-order valence-corrected chi connectivity index (χ1v) is 10.8. The predicted molar refractivity (Wildman–Crippen MR) is 126 cm³/mol. The summed E-state index contributed by atoms with van der Waals surface area (Å²) >= 11 is 0. The van der Waals surface area contributed by atoms with Gasteiger partial charge in [-0.15, -0.1) is 24.0 Å². The molecule has 4 atom stereocenters. The smallest absolute Gasteiger partial charge is 0.410 e. The molecular weight excluding hydrogens is 483 g/mol. The van der Waals surface area contributed by atoms with Gasteiger partial charge in [0.15, 0.2) is 5.96 Å². The summed E-state index contributed by atoms with van der Waals surface area (Å²) in [6.45, 7) is 15.3. The number of nitrogens with zero attached hydrogens (tertiary/aromatic N) is 2. The van der Waals surface area contributed by atoms with Crippen molar-refractivity contribution in [3.05, 3.63) is 0 Å². The summed E-state index contributed by atoms with van der Waals surface area (Å²) in [5, 5.41) is 7.24. The van der Waals surface area contributed by atoms with Gasteiger partial charge in [0, 0.05) is 49.7 Å². The summed E-state index contributed by atoms with van der Waals surface area (Å²) in [5.74, 6) is 1.41. The maximum atomic E-state index is 12.4. The standard InChI is InChI=1S/C21H38N4O3.HI/c1-7-22-18(24-16-15-10-12-27-17(15)21(16,5)6)23-14-9-8-11-25(13-14)19(26)28-20(2,3)4;/h14-17H,7-13H2,1-6H3,(H2,22,23,24);1H. The topological polar surface area (TPSA) is 75.2 Å². The first-order chi connectivity index (χ1) is 13.1. The fourth-order valence-electron chi connectivity index (χ4n) is 4.84. The van der Waals surface area contributed by atoms with Crippen LogP contribution < -0.4 is 10.6 Å². The van der Waals surface area contributed by atoms with Gasteiger partial charge in [-0.25, -0.2) is 4.79 Å². The number of ether oxygens (including phenoxy) is 2. The highest BCUT2D eigenvalue weighted by Gasteiger charge is 2.59. The summed E-state index contributed by atoms with van der Waals surface area (Å²) in [4.78, 5) is 18.9. The predicted octanol–water partition coefficient (Wildman–Crippen LogP) is 3.37. The molecule has 7 nitrogen and oxygen atoms in total. The molecule has 3 rings (SSSR count). The molecule has 3 aliphatic rings. The van der Waals surface area contributed by atoms with E-state index in [1.54, 1.807) is 0 Å². The molecule has 2 N–H and O–H groups in total. The second kappa shape index (κ2) is 9.58. The molecule has 2 heterocycles. The number of carbonyl (C=O) groups excluding carboxylic acids is 1. The Morgan fingerprint density at radius 3 is 2.66 bits per heavy atom. The average molecular weight is 522 g/mol. The summed E-state index contributed by atoms with van der Waals surface area (Å²) in [6.07, 6.45) is 3.22. The number of hydrogen-bond donors (Lipinski definition) is 2. The lowest BCUT2D eigenvalue weighted by atomic mass is 9.57. The van der Waals surface area contributed by atoms with Crippen LogP contribution in [-0.4, -0.2) is 67.0 Å². The number of fused-ring (bicyclic) bond motifs is 1. The zero-order valence-corrected chi connectivity index (χ0v) is 21.1. The Labute approximate surface area is 192 Å². The number of aliphatic imine (C=N–C) groups is 1. The van der Waals surface area contributed by atoms with E-state index in [4.69, 9.17) is 9.47 Å². The van der Waals surface area contributed by atoms with Crippen LogP contribution in [0.2, 0.25) is 0 Å². The molecule has 1 aliphatic carbocycles. The Morgan fingerprint density at radius 2 is 2.00 bits per heavy atom. The molecule has 2 saturated heterocycles. The van der Waals surface area contributed by atoms with Crippen molar-refractivity contribution in [2.45, 2.75) is 84.6 Å². The van der Waals surface area contributed by atoms with Gasteiger partial charge in [0.2, 0.25) is 0 Å². The molecule has 0 radical (unpaired) electrons. The van der Waals surface area contributed by atoms with E-state index < -0.39 is 5.60 Å². The third kappa shape index (κ3) is 5.68. The molecule has 8 heteroatoms. The molecule has 0 aromatic rings. The Hall–Kier alpha value is -0.770. The Bertz CT molecular complexity index is 605. The number of nitrogens with one attached hydrogen (secondary N) is 2. The van der Waals surface area contributed by atoms with E-state index in [-0.39, 0.29) is 41.5 Å². The van der Waals surface area contributed by atoms with Crippen molar-refractivity contribution in [1.82, 2.24) is 15.5 Å². The minimum Gasteiger partial charge on any atom is -0.444 e. The van der Waals surface area contributed by atoms with Gasteiger partial charge in [0.25, 0.3) is 0 Å². The van der Waals surface area contributed by atoms with E-state index in [0.717, 1.165) is 44.9 Å². The second-order valence-corrected chi connectivity index (χ2v) is 9.92. The fourth-order valence-corrected chi connectivity index (χ4v) is 4.84. The lowest BCUT2D eigenvalue weighted by Gasteiger charge is -2.55. The van der Waals surface area contributed by atoms with Crippen molar-refractivity contribution in [2.75, 3.05) is 26.2 Å². The quantitative estimate of drug-likeness (QED) is 0.338. The summed E-state index contributed by atoms with van der Waals surface area (Å²) in [5.41, 5.74) is -0.365. The monoisotopic (exact) mass is 522 g/mol. The van der Waals surface area contributed by atoms with Gasteiger partial charge in [0.1, 0.15) is 5.60 Å². The van der Waals surface area contributed by atoms with E-state index >= 15 is 0 Å². The molecule has 2 aliphatic heterocycles. The van der Waals surface area contributed by atoms with Crippen LogP contribution in [0.25, 0.3) is 0 Å². The zero-order chi connectivity index (χ0) is 20.5. The lowest BCUT2D eigenvalue weighted by molar-refractivity contribution is -0.106. The van der Waals surface area contributed by atoms with E-state index in [1.165, 1.54) is 0 Å². The van der Waals surface area contributed by atoms with Crippen molar-refractivity contribution in [3.63, 3.8) is 0 Å². The van der Waals surface area contributed by atoms with Crippen molar-refractivity contribution in [3.8, 4) is 0 Å². The van der Waals surface area contributed by atoms with Crippen LogP contribution in [-0.2, 0) is 9.47 Å². The summed E-state index contributed by atoms with van der Waals surface area (Å²) in [7, 11) is 0. The van der Waals surface area contributed by atoms with Crippen LogP contribution in [0.15, 0.2) is 4.99 Å². The normalized spacial score (nSPS) is 31.2. The van der Waals surface area contributed by atoms with Crippen molar-refractivity contribution >= 4 is 36.0 Å². The van der Waals surface area contributed by atoms with E-state index in [1.807, 2.05) is 32.6 Å². The highest BCUT2D eigenvalue weighted by atomic mass is 127. The highest BCUT2D eigenvalue weighted by molar-refractivity contribution is 14.0. The van der Waals surface area contributed by atoms with E-state index in [9.17, 15) is 4.79 Å². The van der Waals surface area contributed by atoms with Gasteiger partial charge in [-0.05, 0) is 47.0 Å². The third-order valence-electron chi connectivity index (χ3n) is 6.12. The number of likely N-dealkylation sites (tertiary alicyclic amines) is 1. The SMILES string of the molecule is CCN=C(NC1CCCN(C(=O)OC(C)(C)C)C1)NC1C2CCOC2C1(C)C.I. The van der Waals surface area contributed by atoms with Crippen molar-refractivity contribution < 1.29 is 14.3 Å². The molecule has 0 aromatic heterocycles. The molecule has 0 spiro atoms. The minimum absolute atomic E-state index is 0. The van der Waals surface area contributed by atoms with Gasteiger partial charge in [-0.1, -0.05) is 13.8 Å². The molecule has 1 amide bonds. The van der Waals surface area contributed by atoms with Gasteiger partial charge in [-0.2, -0.15) is 0 Å². The Balaban J connectivity index is 0.00000300. The van der Waals surface area contributed by atoms with Crippen LogP contribution in [0.4, 0.5) is 4.79 Å². The van der Waals surface area contributed by atoms with Crippen LogP contribution in [0.1, 0.15) is 60.8 Å². The third-order valence-corrected chi connectivity index (χ3v) is 6.12. The largest absolute Gasteiger partial charge is 0.444 e. The molecule has 168 valence electrons. The molecule has 4 unspecified atom stereocenters. The van der Waals surface area contributed by atoms with E-state index in [2.05, 4.69) is 29.5 Å². The Kier molecular flexibility index (Phi) is 8.09. The van der Waals surface area contributed by atoms with Crippen LogP contribution in [0, 0.1) is 11.3 Å². The highest BCUT2D eigenvalue weighted by Crippen LogP contribution is 2.52. The molecule has 0 bridgehead atoms. The molecular formula is C21H39IN4O3. The number of carbonyl (C=O) groups is 1. The van der Waals surface area contributed by atoms with Gasteiger partial charge in [-0.3, -0.25) is 4.99 Å². The molecule has 1 saturated carbocycles. The zero-order valence-electron chi connectivity index (χ0n) is 18.8. The number of hydrogen-bond acceptors (Lipinski definition) is 4. The fraction of sp³-hybridized carbons (Fsp3) is 0.905. The average Bonchev–Trinajstić information content (AvgIpc) is 3.05.